The monoisotopic (exact) mass is 312 g/mol. The van der Waals surface area contributed by atoms with Gasteiger partial charge in [0.15, 0.2) is 0 Å². The van der Waals surface area contributed by atoms with Gasteiger partial charge in [-0.3, -0.25) is 0 Å². The van der Waals surface area contributed by atoms with Crippen LogP contribution in [0.4, 0.5) is 0 Å². The van der Waals surface area contributed by atoms with Gasteiger partial charge in [-0.05, 0) is 54.6 Å². The smallest absolute Gasteiger partial charge is 0.138 e. The lowest BCUT2D eigenvalue weighted by molar-refractivity contribution is 0.0504. The Bertz CT molecular complexity index is 755. The molecule has 2 aliphatic carbocycles. The van der Waals surface area contributed by atoms with Crippen LogP contribution in [0.3, 0.4) is 0 Å². The van der Waals surface area contributed by atoms with Crippen LogP contribution in [0.15, 0.2) is 22.6 Å². The Labute approximate surface area is 138 Å². The van der Waals surface area contributed by atoms with Crippen molar-refractivity contribution >= 4 is 11.0 Å². The molecular formula is C21H28O2. The molecule has 1 N–H and O–H groups in total. The van der Waals surface area contributed by atoms with E-state index in [4.69, 9.17) is 4.42 Å². The molecule has 2 heteroatoms. The summed E-state index contributed by atoms with van der Waals surface area (Å²) >= 11 is 0. The lowest BCUT2D eigenvalue weighted by Gasteiger charge is -2.50. The van der Waals surface area contributed by atoms with E-state index in [9.17, 15) is 5.11 Å². The third-order valence-electron chi connectivity index (χ3n) is 6.84. The highest BCUT2D eigenvalue weighted by Crippen LogP contribution is 2.59. The molecule has 23 heavy (non-hydrogen) atoms. The molecule has 0 bridgehead atoms. The Morgan fingerprint density at radius 2 is 1.91 bits per heavy atom. The number of phenolic OH excluding ortho intramolecular Hbond substituents is 1. The van der Waals surface area contributed by atoms with Crippen molar-refractivity contribution < 1.29 is 9.52 Å². The second-order valence-electron chi connectivity index (χ2n) is 8.81. The first kappa shape index (κ1) is 15.1. The topological polar surface area (TPSA) is 33.4 Å². The highest BCUT2D eigenvalue weighted by atomic mass is 16.3. The van der Waals surface area contributed by atoms with E-state index in [1.165, 1.54) is 48.8 Å². The molecule has 2 aromatic rings. The molecule has 124 valence electrons. The van der Waals surface area contributed by atoms with Crippen molar-refractivity contribution in [3.8, 4) is 5.75 Å². The van der Waals surface area contributed by atoms with Gasteiger partial charge in [0.1, 0.15) is 17.1 Å². The standard InChI is InChI=1S/C21H28O2/c1-13-6-9-17-20(2,3)10-5-11-21(17,4)18-15-8-7-14(22)12-16(15)23-19(13)18/h7-8,12-13,17,22H,5-6,9-11H2,1-4H3/t13-,17?,21+/m1/s1. The molecule has 1 aromatic carbocycles. The average molecular weight is 312 g/mol. The molecule has 1 heterocycles. The van der Waals surface area contributed by atoms with Crippen LogP contribution in [-0.2, 0) is 5.41 Å². The fourth-order valence-electron chi connectivity index (χ4n) is 5.72. The summed E-state index contributed by atoms with van der Waals surface area (Å²) < 4.78 is 6.29. The van der Waals surface area contributed by atoms with E-state index in [2.05, 4.69) is 33.8 Å². The summed E-state index contributed by atoms with van der Waals surface area (Å²) in [6.45, 7) is 9.68. The molecule has 2 aliphatic rings. The molecule has 0 saturated heterocycles. The average Bonchev–Trinajstić information content (AvgIpc) is 2.80. The number of hydrogen-bond donors (Lipinski definition) is 1. The summed E-state index contributed by atoms with van der Waals surface area (Å²) in [7, 11) is 0. The Kier molecular flexibility index (Phi) is 3.14. The molecule has 0 amide bonds. The fraction of sp³-hybridized carbons (Fsp3) is 0.619. The first-order valence-electron chi connectivity index (χ1n) is 9.09. The van der Waals surface area contributed by atoms with E-state index in [-0.39, 0.29) is 5.41 Å². The van der Waals surface area contributed by atoms with Gasteiger partial charge in [0.2, 0.25) is 0 Å². The van der Waals surface area contributed by atoms with Gasteiger partial charge < -0.3 is 9.52 Å². The number of hydrogen-bond acceptors (Lipinski definition) is 2. The highest BCUT2D eigenvalue weighted by molar-refractivity contribution is 5.85. The van der Waals surface area contributed by atoms with Gasteiger partial charge in [-0.2, -0.15) is 0 Å². The van der Waals surface area contributed by atoms with Crippen molar-refractivity contribution in [3.63, 3.8) is 0 Å². The number of phenols is 1. The minimum Gasteiger partial charge on any atom is -0.508 e. The molecule has 2 nitrogen and oxygen atoms in total. The first-order chi connectivity index (χ1) is 10.8. The van der Waals surface area contributed by atoms with Gasteiger partial charge in [-0.25, -0.2) is 0 Å². The zero-order valence-electron chi connectivity index (χ0n) is 14.8. The maximum Gasteiger partial charge on any atom is 0.138 e. The first-order valence-corrected chi connectivity index (χ1v) is 9.09. The predicted molar refractivity (Wildman–Crippen MR) is 94.0 cm³/mol. The van der Waals surface area contributed by atoms with Crippen molar-refractivity contribution in [1.82, 2.24) is 0 Å². The third-order valence-corrected chi connectivity index (χ3v) is 6.84. The van der Waals surface area contributed by atoms with E-state index in [0.717, 1.165) is 5.58 Å². The van der Waals surface area contributed by atoms with E-state index in [0.29, 0.717) is 23.0 Å². The van der Waals surface area contributed by atoms with E-state index >= 15 is 0 Å². The van der Waals surface area contributed by atoms with Crippen LogP contribution >= 0.6 is 0 Å². The zero-order valence-corrected chi connectivity index (χ0v) is 14.8. The number of aromatic hydroxyl groups is 1. The second kappa shape index (κ2) is 4.78. The largest absolute Gasteiger partial charge is 0.508 e. The summed E-state index contributed by atoms with van der Waals surface area (Å²) in [5, 5.41) is 11.1. The van der Waals surface area contributed by atoms with Crippen molar-refractivity contribution in [1.29, 1.82) is 0 Å². The number of benzene rings is 1. The Morgan fingerprint density at radius 1 is 1.13 bits per heavy atom. The van der Waals surface area contributed by atoms with E-state index in [1.807, 2.05) is 0 Å². The quantitative estimate of drug-likeness (QED) is 0.635. The lowest BCUT2D eigenvalue weighted by Crippen LogP contribution is -2.44. The van der Waals surface area contributed by atoms with E-state index < -0.39 is 0 Å². The Morgan fingerprint density at radius 3 is 2.70 bits per heavy atom. The molecule has 1 unspecified atom stereocenters. The van der Waals surface area contributed by atoms with Crippen molar-refractivity contribution in [2.45, 2.75) is 71.1 Å². The highest BCUT2D eigenvalue weighted by Gasteiger charge is 2.51. The third kappa shape index (κ3) is 2.07. The normalized spacial score (nSPS) is 33.0. The van der Waals surface area contributed by atoms with Gasteiger partial charge in [-0.15, -0.1) is 0 Å². The minimum absolute atomic E-state index is 0.185. The van der Waals surface area contributed by atoms with Crippen LogP contribution < -0.4 is 0 Å². The van der Waals surface area contributed by atoms with Gasteiger partial charge >= 0.3 is 0 Å². The Balaban J connectivity index is 2.01. The van der Waals surface area contributed by atoms with Gasteiger partial charge in [0.05, 0.1) is 0 Å². The van der Waals surface area contributed by atoms with Gasteiger partial charge in [0.25, 0.3) is 0 Å². The van der Waals surface area contributed by atoms with E-state index in [1.54, 1.807) is 12.1 Å². The summed E-state index contributed by atoms with van der Waals surface area (Å²) in [6, 6.07) is 5.65. The number of rotatable bonds is 0. The van der Waals surface area contributed by atoms with Crippen LogP contribution in [0.5, 0.6) is 5.75 Å². The lowest BCUT2D eigenvalue weighted by atomic mass is 9.53. The van der Waals surface area contributed by atoms with Crippen molar-refractivity contribution in [3.05, 3.63) is 29.5 Å². The molecule has 0 aliphatic heterocycles. The Hall–Kier alpha value is -1.44. The van der Waals surface area contributed by atoms with Crippen LogP contribution in [0, 0.1) is 11.3 Å². The van der Waals surface area contributed by atoms with Crippen molar-refractivity contribution in [2.24, 2.45) is 11.3 Å². The molecular weight excluding hydrogens is 284 g/mol. The van der Waals surface area contributed by atoms with Crippen LogP contribution in [0.2, 0.25) is 0 Å². The van der Waals surface area contributed by atoms with Crippen molar-refractivity contribution in [2.75, 3.05) is 0 Å². The fourth-order valence-corrected chi connectivity index (χ4v) is 5.72. The molecule has 1 aromatic heterocycles. The molecule has 1 saturated carbocycles. The SMILES string of the molecule is C[C@@H]1CCC2C(C)(C)CCC[C@]2(C)c2c1oc1cc(O)ccc21. The number of fused-ring (bicyclic) bond motifs is 5. The van der Waals surface area contributed by atoms with Crippen LogP contribution in [-0.4, -0.2) is 5.11 Å². The van der Waals surface area contributed by atoms with Crippen LogP contribution in [0.1, 0.15) is 77.0 Å². The van der Waals surface area contributed by atoms with Gasteiger partial charge in [-0.1, -0.05) is 34.1 Å². The summed E-state index contributed by atoms with van der Waals surface area (Å²) in [6.07, 6.45) is 6.35. The molecule has 3 atom stereocenters. The summed E-state index contributed by atoms with van der Waals surface area (Å²) in [5.74, 6) is 2.62. The molecule has 4 rings (SSSR count). The maximum atomic E-state index is 9.83. The molecule has 1 fully saturated rings. The maximum absolute atomic E-state index is 9.83. The predicted octanol–water partition coefficient (Wildman–Crippen LogP) is 6.12. The summed E-state index contributed by atoms with van der Waals surface area (Å²) in [5.41, 5.74) is 2.86. The molecule has 0 spiro atoms. The molecule has 0 radical (unpaired) electrons. The zero-order chi connectivity index (χ0) is 16.4. The summed E-state index contributed by atoms with van der Waals surface area (Å²) in [4.78, 5) is 0. The van der Waals surface area contributed by atoms with Gasteiger partial charge in [0, 0.05) is 22.9 Å². The minimum atomic E-state index is 0.185. The number of furan rings is 1. The second-order valence-corrected chi connectivity index (χ2v) is 8.81. The van der Waals surface area contributed by atoms with Crippen LogP contribution in [0.25, 0.3) is 11.0 Å².